The fraction of sp³-hybridized carbons (Fsp3) is 0.333. The molecule has 0 aromatic carbocycles. The van der Waals surface area contributed by atoms with Crippen LogP contribution in [0.5, 0.6) is 0 Å². The lowest BCUT2D eigenvalue weighted by atomic mass is 10.3. The highest BCUT2D eigenvalue weighted by Gasteiger charge is 2.03. The molecule has 3 N–H and O–H groups in total. The van der Waals surface area contributed by atoms with Crippen LogP contribution < -0.4 is 11.1 Å². The molecule has 0 spiro atoms. The average Bonchev–Trinajstić information content (AvgIpc) is 2.98. The summed E-state index contributed by atoms with van der Waals surface area (Å²) in [6.07, 6.45) is 4.76. The first kappa shape index (κ1) is 12.8. The molecule has 6 heteroatoms. The number of hydrogen-bond donors (Lipinski definition) is 2. The van der Waals surface area contributed by atoms with Crippen molar-refractivity contribution in [3.8, 4) is 0 Å². The zero-order valence-electron chi connectivity index (χ0n) is 10.0. The number of carbonyl (C=O) groups excluding carboxylic acids is 1. The molecule has 0 radical (unpaired) electrons. The molecular weight excluding hydrogens is 248 g/mol. The lowest BCUT2D eigenvalue weighted by Gasteiger charge is -2.03. The second kappa shape index (κ2) is 6.32. The molecule has 96 valence electrons. The van der Waals surface area contributed by atoms with E-state index in [1.807, 2.05) is 23.0 Å². The molecule has 0 aliphatic rings. The Morgan fingerprint density at radius 2 is 2.44 bits per heavy atom. The van der Waals surface area contributed by atoms with Crippen LogP contribution in [0.25, 0.3) is 0 Å². The lowest BCUT2D eigenvalue weighted by Crippen LogP contribution is -2.16. The molecule has 0 saturated carbocycles. The maximum absolute atomic E-state index is 10.9. The van der Waals surface area contributed by atoms with E-state index in [0.29, 0.717) is 5.56 Å². The van der Waals surface area contributed by atoms with Crippen LogP contribution in [-0.2, 0) is 13.1 Å². The topological polar surface area (TPSA) is 72.9 Å². The van der Waals surface area contributed by atoms with E-state index in [0.717, 1.165) is 30.9 Å². The highest BCUT2D eigenvalue weighted by Crippen LogP contribution is 2.13. The summed E-state index contributed by atoms with van der Waals surface area (Å²) in [6.45, 7) is 2.61. The van der Waals surface area contributed by atoms with E-state index in [9.17, 15) is 4.79 Å². The molecule has 0 aliphatic heterocycles. The summed E-state index contributed by atoms with van der Waals surface area (Å²) < 4.78 is 1.91. The predicted molar refractivity (Wildman–Crippen MR) is 71.4 cm³/mol. The largest absolute Gasteiger partial charge is 0.366 e. The number of nitrogens with zero attached hydrogens (tertiary/aromatic N) is 2. The minimum Gasteiger partial charge on any atom is -0.366 e. The molecule has 2 aromatic heterocycles. The van der Waals surface area contributed by atoms with Crippen molar-refractivity contribution in [2.75, 3.05) is 6.54 Å². The number of nitrogens with one attached hydrogen (secondary N) is 1. The smallest absolute Gasteiger partial charge is 0.249 e. The summed E-state index contributed by atoms with van der Waals surface area (Å²) in [7, 11) is 0. The van der Waals surface area contributed by atoms with Crippen LogP contribution in [-0.4, -0.2) is 22.2 Å². The highest BCUT2D eigenvalue weighted by atomic mass is 32.1. The minimum atomic E-state index is -0.365. The molecule has 0 atom stereocenters. The van der Waals surface area contributed by atoms with Crippen molar-refractivity contribution < 1.29 is 4.79 Å². The van der Waals surface area contributed by atoms with Crippen molar-refractivity contribution in [2.45, 2.75) is 19.5 Å². The van der Waals surface area contributed by atoms with Crippen molar-refractivity contribution in [1.29, 1.82) is 0 Å². The molecule has 0 unspecified atom stereocenters. The highest BCUT2D eigenvalue weighted by molar-refractivity contribution is 7.10. The van der Waals surface area contributed by atoms with E-state index in [1.165, 1.54) is 0 Å². The summed E-state index contributed by atoms with van der Waals surface area (Å²) in [6, 6.07) is 3.76. The first-order chi connectivity index (χ1) is 8.75. The molecular formula is C12H16N4OS. The van der Waals surface area contributed by atoms with Gasteiger partial charge in [-0.1, -0.05) is 0 Å². The fourth-order valence-corrected chi connectivity index (χ4v) is 2.46. The monoisotopic (exact) mass is 264 g/mol. The van der Waals surface area contributed by atoms with Crippen molar-refractivity contribution in [2.24, 2.45) is 5.73 Å². The van der Waals surface area contributed by atoms with E-state index in [4.69, 9.17) is 5.73 Å². The Labute approximate surface area is 110 Å². The van der Waals surface area contributed by atoms with Crippen molar-refractivity contribution in [3.05, 3.63) is 40.3 Å². The Hall–Kier alpha value is -1.66. The quantitative estimate of drug-likeness (QED) is 0.739. The normalized spacial score (nSPS) is 10.7. The molecule has 2 aromatic rings. The standard InChI is InChI=1S/C12H16N4OS/c13-12(17)10-7-11(18-9-10)8-14-3-1-5-16-6-2-4-15-16/h2,4,6-7,9,14H,1,3,5,8H2,(H2,13,17). The van der Waals surface area contributed by atoms with Gasteiger partial charge in [0.05, 0.1) is 5.56 Å². The first-order valence-electron chi connectivity index (χ1n) is 5.81. The van der Waals surface area contributed by atoms with Crippen LogP contribution in [0.1, 0.15) is 21.7 Å². The number of aromatic nitrogens is 2. The second-order valence-corrected chi connectivity index (χ2v) is 4.96. The molecule has 0 fully saturated rings. The van der Waals surface area contributed by atoms with Gasteiger partial charge in [0, 0.05) is 35.7 Å². The predicted octanol–water partition coefficient (Wildman–Crippen LogP) is 1.22. The fourth-order valence-electron chi connectivity index (χ4n) is 1.61. The van der Waals surface area contributed by atoms with Gasteiger partial charge in [-0.3, -0.25) is 9.48 Å². The van der Waals surface area contributed by atoms with Gasteiger partial charge in [-0.2, -0.15) is 5.10 Å². The molecule has 0 bridgehead atoms. The Balaban J connectivity index is 1.64. The van der Waals surface area contributed by atoms with E-state index in [1.54, 1.807) is 22.9 Å². The van der Waals surface area contributed by atoms with Gasteiger partial charge < -0.3 is 11.1 Å². The summed E-state index contributed by atoms with van der Waals surface area (Å²) in [5.74, 6) is -0.365. The summed E-state index contributed by atoms with van der Waals surface area (Å²) in [5, 5.41) is 9.26. The van der Waals surface area contributed by atoms with E-state index in [2.05, 4.69) is 10.4 Å². The molecule has 0 aliphatic carbocycles. The van der Waals surface area contributed by atoms with Crippen LogP contribution >= 0.6 is 11.3 Å². The van der Waals surface area contributed by atoms with Crippen LogP contribution in [0.4, 0.5) is 0 Å². The number of carbonyl (C=O) groups is 1. The van der Waals surface area contributed by atoms with E-state index < -0.39 is 0 Å². The zero-order chi connectivity index (χ0) is 12.8. The van der Waals surface area contributed by atoms with Gasteiger partial charge in [-0.25, -0.2) is 0 Å². The molecule has 1 amide bonds. The molecule has 2 rings (SSSR count). The Morgan fingerprint density at radius 3 is 3.11 bits per heavy atom. The summed E-state index contributed by atoms with van der Waals surface area (Å²) in [4.78, 5) is 12.0. The summed E-state index contributed by atoms with van der Waals surface area (Å²) >= 11 is 1.55. The average molecular weight is 264 g/mol. The van der Waals surface area contributed by atoms with Crippen LogP contribution in [0, 0.1) is 0 Å². The minimum absolute atomic E-state index is 0.365. The van der Waals surface area contributed by atoms with E-state index >= 15 is 0 Å². The third kappa shape index (κ3) is 3.68. The van der Waals surface area contributed by atoms with Crippen LogP contribution in [0.2, 0.25) is 0 Å². The summed E-state index contributed by atoms with van der Waals surface area (Å²) in [5.41, 5.74) is 5.79. The third-order valence-corrected chi connectivity index (χ3v) is 3.47. The second-order valence-electron chi connectivity index (χ2n) is 3.97. The number of aryl methyl sites for hydroxylation is 1. The van der Waals surface area contributed by atoms with E-state index in [-0.39, 0.29) is 5.91 Å². The Morgan fingerprint density at radius 1 is 1.56 bits per heavy atom. The van der Waals surface area contributed by atoms with Gasteiger partial charge in [-0.15, -0.1) is 11.3 Å². The first-order valence-corrected chi connectivity index (χ1v) is 6.69. The Kier molecular flexibility index (Phi) is 4.49. The Bertz CT molecular complexity index is 492. The van der Waals surface area contributed by atoms with Gasteiger partial charge in [0.25, 0.3) is 0 Å². The molecule has 0 saturated heterocycles. The van der Waals surface area contributed by atoms with Gasteiger partial charge in [0.1, 0.15) is 0 Å². The SMILES string of the molecule is NC(=O)c1csc(CNCCCn2cccn2)c1. The van der Waals surface area contributed by atoms with Crippen LogP contribution in [0.15, 0.2) is 29.9 Å². The van der Waals surface area contributed by atoms with Gasteiger partial charge >= 0.3 is 0 Å². The maximum Gasteiger partial charge on any atom is 0.249 e. The number of rotatable bonds is 7. The molecule has 18 heavy (non-hydrogen) atoms. The number of hydrogen-bond acceptors (Lipinski definition) is 4. The maximum atomic E-state index is 10.9. The van der Waals surface area contributed by atoms with Crippen LogP contribution in [0.3, 0.4) is 0 Å². The van der Waals surface area contributed by atoms with Gasteiger partial charge in [-0.05, 0) is 25.1 Å². The van der Waals surface area contributed by atoms with Gasteiger partial charge in [0.15, 0.2) is 0 Å². The van der Waals surface area contributed by atoms with Crippen molar-refractivity contribution in [1.82, 2.24) is 15.1 Å². The van der Waals surface area contributed by atoms with Crippen molar-refractivity contribution >= 4 is 17.2 Å². The number of thiophene rings is 1. The third-order valence-electron chi connectivity index (χ3n) is 2.54. The zero-order valence-corrected chi connectivity index (χ0v) is 10.8. The van der Waals surface area contributed by atoms with Gasteiger partial charge in [0.2, 0.25) is 5.91 Å². The number of amides is 1. The van der Waals surface area contributed by atoms with Crippen molar-refractivity contribution in [3.63, 3.8) is 0 Å². The lowest BCUT2D eigenvalue weighted by molar-refractivity contribution is 0.100. The number of primary amides is 1. The molecule has 2 heterocycles. The molecule has 5 nitrogen and oxygen atoms in total. The number of nitrogens with two attached hydrogens (primary N) is 1.